The predicted octanol–water partition coefficient (Wildman–Crippen LogP) is 1.56. The van der Waals surface area contributed by atoms with E-state index in [0.29, 0.717) is 30.7 Å². The summed E-state index contributed by atoms with van der Waals surface area (Å²) in [5.74, 6) is 0.590. The van der Waals surface area contributed by atoms with Crippen LogP contribution in [0.1, 0.15) is 46.0 Å². The van der Waals surface area contributed by atoms with Gasteiger partial charge in [-0.2, -0.15) is 0 Å². The van der Waals surface area contributed by atoms with E-state index in [2.05, 4.69) is 10.6 Å². The van der Waals surface area contributed by atoms with E-state index >= 15 is 0 Å². The maximum Gasteiger partial charge on any atom is 0.224 e. The van der Waals surface area contributed by atoms with Gasteiger partial charge in [-0.05, 0) is 37.1 Å². The Balaban J connectivity index is 0.00000242. The molecule has 22 heavy (non-hydrogen) atoms. The van der Waals surface area contributed by atoms with E-state index in [1.807, 2.05) is 18.7 Å². The van der Waals surface area contributed by atoms with E-state index in [1.165, 1.54) is 6.42 Å². The largest absolute Gasteiger partial charge is 0.356 e. The fourth-order valence-corrected chi connectivity index (χ4v) is 3.36. The number of hydrogen-bond donors (Lipinski definition) is 2. The van der Waals surface area contributed by atoms with Crippen molar-refractivity contribution in [3.63, 3.8) is 0 Å². The van der Waals surface area contributed by atoms with Gasteiger partial charge in [0.1, 0.15) is 0 Å². The van der Waals surface area contributed by atoms with E-state index < -0.39 is 0 Å². The second-order valence-corrected chi connectivity index (χ2v) is 7.01. The molecule has 0 atom stereocenters. The molecule has 6 heteroatoms. The highest BCUT2D eigenvalue weighted by Gasteiger charge is 2.37. The Labute approximate surface area is 140 Å². The molecule has 0 aromatic rings. The summed E-state index contributed by atoms with van der Waals surface area (Å²) < 4.78 is 0. The Hall–Kier alpha value is -0.810. The molecule has 2 rings (SSSR count). The Morgan fingerprint density at radius 1 is 1.23 bits per heavy atom. The number of nitrogens with zero attached hydrogens (tertiary/aromatic N) is 1. The van der Waals surface area contributed by atoms with Crippen molar-refractivity contribution in [1.29, 1.82) is 0 Å². The number of carbonyl (C=O) groups excluding carboxylic acids is 2. The zero-order valence-electron chi connectivity index (χ0n) is 13.8. The summed E-state index contributed by atoms with van der Waals surface area (Å²) in [5, 5.41) is 6.27. The number of carbonyl (C=O) groups is 2. The monoisotopic (exact) mass is 331 g/mol. The van der Waals surface area contributed by atoms with Gasteiger partial charge < -0.3 is 15.5 Å². The number of hydrogen-bond acceptors (Lipinski definition) is 3. The molecule has 1 spiro atoms. The molecular formula is C16H30ClN3O2. The molecule has 2 aliphatic rings. The summed E-state index contributed by atoms with van der Waals surface area (Å²) in [7, 11) is 0. The standard InChI is InChI=1S/C16H29N3O2.ClH/c1-13(2)11-14(20)18-7-3-15(21)19-9-5-16(6-10-19)4-8-17-12-16;/h13,17H,3-12H2,1-2H3,(H,18,20);1H. The molecule has 0 aromatic carbocycles. The lowest BCUT2D eigenvalue weighted by atomic mass is 9.78. The maximum atomic E-state index is 12.2. The number of piperidine rings is 1. The van der Waals surface area contributed by atoms with Gasteiger partial charge in [0.2, 0.25) is 11.8 Å². The van der Waals surface area contributed by atoms with Crippen molar-refractivity contribution in [2.24, 2.45) is 11.3 Å². The molecule has 2 aliphatic heterocycles. The van der Waals surface area contributed by atoms with Crippen LogP contribution in [0.3, 0.4) is 0 Å². The van der Waals surface area contributed by atoms with Crippen LogP contribution in [0.15, 0.2) is 0 Å². The van der Waals surface area contributed by atoms with Crippen molar-refractivity contribution >= 4 is 24.2 Å². The van der Waals surface area contributed by atoms with Crippen LogP contribution in [-0.4, -0.2) is 49.4 Å². The summed E-state index contributed by atoms with van der Waals surface area (Å²) in [6.45, 7) is 8.49. The van der Waals surface area contributed by atoms with Crippen molar-refractivity contribution < 1.29 is 9.59 Å². The van der Waals surface area contributed by atoms with Crippen LogP contribution in [-0.2, 0) is 9.59 Å². The van der Waals surface area contributed by atoms with Crippen LogP contribution in [0.4, 0.5) is 0 Å². The molecule has 2 amide bonds. The Bertz CT molecular complexity index is 372. The second kappa shape index (κ2) is 8.73. The average Bonchev–Trinajstić information content (AvgIpc) is 2.87. The lowest BCUT2D eigenvalue weighted by Crippen LogP contribution is -2.44. The third-order valence-electron chi connectivity index (χ3n) is 4.76. The van der Waals surface area contributed by atoms with Gasteiger partial charge in [-0.1, -0.05) is 13.8 Å². The van der Waals surface area contributed by atoms with Gasteiger partial charge in [0.15, 0.2) is 0 Å². The lowest BCUT2D eigenvalue weighted by molar-refractivity contribution is -0.133. The van der Waals surface area contributed by atoms with Crippen molar-refractivity contribution in [3.8, 4) is 0 Å². The molecule has 5 nitrogen and oxygen atoms in total. The van der Waals surface area contributed by atoms with Crippen molar-refractivity contribution in [3.05, 3.63) is 0 Å². The Kier molecular flexibility index (Phi) is 7.63. The van der Waals surface area contributed by atoms with Crippen molar-refractivity contribution in [1.82, 2.24) is 15.5 Å². The van der Waals surface area contributed by atoms with E-state index in [0.717, 1.165) is 39.0 Å². The number of rotatable bonds is 5. The summed E-state index contributed by atoms with van der Waals surface area (Å²) in [6.07, 6.45) is 4.44. The van der Waals surface area contributed by atoms with Crippen molar-refractivity contribution in [2.45, 2.75) is 46.0 Å². The number of likely N-dealkylation sites (tertiary alicyclic amines) is 1. The normalized spacial score (nSPS) is 20.0. The highest BCUT2D eigenvalue weighted by atomic mass is 35.5. The highest BCUT2D eigenvalue weighted by Crippen LogP contribution is 2.36. The SMILES string of the molecule is CC(C)CC(=O)NCCC(=O)N1CCC2(CCNC2)CC1.Cl. The Morgan fingerprint density at radius 2 is 1.91 bits per heavy atom. The first kappa shape index (κ1) is 19.2. The average molecular weight is 332 g/mol. The van der Waals surface area contributed by atoms with E-state index in [-0.39, 0.29) is 24.2 Å². The molecule has 2 saturated heterocycles. The van der Waals surface area contributed by atoms with Gasteiger partial charge in [0, 0.05) is 39.0 Å². The van der Waals surface area contributed by atoms with Gasteiger partial charge in [0.05, 0.1) is 0 Å². The van der Waals surface area contributed by atoms with E-state index in [1.54, 1.807) is 0 Å². The number of halogens is 1. The van der Waals surface area contributed by atoms with Gasteiger partial charge in [-0.3, -0.25) is 9.59 Å². The molecule has 0 unspecified atom stereocenters. The molecule has 128 valence electrons. The number of amides is 2. The first-order chi connectivity index (χ1) is 10.0. The third-order valence-corrected chi connectivity index (χ3v) is 4.76. The van der Waals surface area contributed by atoms with Crippen LogP contribution in [0.25, 0.3) is 0 Å². The minimum absolute atomic E-state index is 0. The molecular weight excluding hydrogens is 302 g/mol. The van der Waals surface area contributed by atoms with E-state index in [9.17, 15) is 9.59 Å². The molecule has 2 heterocycles. The lowest BCUT2D eigenvalue weighted by Gasteiger charge is -2.39. The zero-order chi connectivity index (χ0) is 15.3. The highest BCUT2D eigenvalue weighted by molar-refractivity contribution is 5.85. The van der Waals surface area contributed by atoms with Gasteiger partial charge in [-0.15, -0.1) is 12.4 Å². The summed E-state index contributed by atoms with van der Waals surface area (Å²) in [4.78, 5) is 25.7. The summed E-state index contributed by atoms with van der Waals surface area (Å²) in [5.41, 5.74) is 0.447. The van der Waals surface area contributed by atoms with Crippen LogP contribution in [0.2, 0.25) is 0 Å². The maximum absolute atomic E-state index is 12.2. The minimum Gasteiger partial charge on any atom is -0.356 e. The number of nitrogens with one attached hydrogen (secondary N) is 2. The first-order valence-electron chi connectivity index (χ1n) is 8.26. The Morgan fingerprint density at radius 3 is 2.45 bits per heavy atom. The summed E-state index contributed by atoms with van der Waals surface area (Å²) in [6, 6.07) is 0. The van der Waals surface area contributed by atoms with Crippen LogP contribution in [0.5, 0.6) is 0 Å². The first-order valence-corrected chi connectivity index (χ1v) is 8.26. The predicted molar refractivity (Wildman–Crippen MR) is 90.1 cm³/mol. The zero-order valence-corrected chi connectivity index (χ0v) is 14.6. The molecule has 2 fully saturated rings. The van der Waals surface area contributed by atoms with Crippen molar-refractivity contribution in [2.75, 3.05) is 32.7 Å². The smallest absolute Gasteiger partial charge is 0.224 e. The molecule has 0 aromatic heterocycles. The fraction of sp³-hybridized carbons (Fsp3) is 0.875. The van der Waals surface area contributed by atoms with Gasteiger partial charge >= 0.3 is 0 Å². The van der Waals surface area contributed by atoms with Gasteiger partial charge in [-0.25, -0.2) is 0 Å². The molecule has 0 saturated carbocycles. The fourth-order valence-electron chi connectivity index (χ4n) is 3.36. The molecule has 0 aliphatic carbocycles. The molecule has 0 radical (unpaired) electrons. The van der Waals surface area contributed by atoms with Crippen LogP contribution >= 0.6 is 12.4 Å². The quantitative estimate of drug-likeness (QED) is 0.803. The third kappa shape index (κ3) is 5.43. The second-order valence-electron chi connectivity index (χ2n) is 7.01. The minimum atomic E-state index is 0. The molecule has 0 bridgehead atoms. The van der Waals surface area contributed by atoms with Gasteiger partial charge in [0.25, 0.3) is 0 Å². The van der Waals surface area contributed by atoms with Crippen LogP contribution < -0.4 is 10.6 Å². The van der Waals surface area contributed by atoms with E-state index in [4.69, 9.17) is 0 Å². The van der Waals surface area contributed by atoms with Crippen LogP contribution in [0, 0.1) is 11.3 Å². The molecule has 2 N–H and O–H groups in total. The topological polar surface area (TPSA) is 61.4 Å². The summed E-state index contributed by atoms with van der Waals surface area (Å²) >= 11 is 0.